The van der Waals surface area contributed by atoms with Crippen molar-refractivity contribution in [2.24, 2.45) is 0 Å². The molecule has 0 radical (unpaired) electrons. The molecule has 1 N–H and O–H groups in total. The van der Waals surface area contributed by atoms with Crippen LogP contribution < -0.4 is 5.32 Å². The molecule has 2 rings (SSSR count). The maximum absolute atomic E-state index is 10.9. The van der Waals surface area contributed by atoms with Crippen LogP contribution in [0.3, 0.4) is 0 Å². The molecule has 1 fully saturated rings. The van der Waals surface area contributed by atoms with Gasteiger partial charge >= 0.3 is 5.97 Å². The molecule has 1 aromatic rings. The highest BCUT2D eigenvalue weighted by molar-refractivity contribution is 5.69. The summed E-state index contributed by atoms with van der Waals surface area (Å²) in [6.07, 6.45) is 3.12. The maximum atomic E-state index is 10.9. The zero-order valence-corrected chi connectivity index (χ0v) is 10.2. The number of carbonyl (C=O) groups excluding carboxylic acids is 1. The second-order valence-corrected chi connectivity index (χ2v) is 4.52. The van der Waals surface area contributed by atoms with Gasteiger partial charge in [-0.25, -0.2) is 0 Å². The van der Waals surface area contributed by atoms with Gasteiger partial charge < -0.3 is 10.1 Å². The van der Waals surface area contributed by atoms with Crippen LogP contribution in [0.5, 0.6) is 0 Å². The molecule has 3 nitrogen and oxygen atoms in total. The summed E-state index contributed by atoms with van der Waals surface area (Å²) in [5, 5.41) is 3.23. The highest BCUT2D eigenvalue weighted by Gasteiger charge is 2.22. The number of hydrogen-bond donors (Lipinski definition) is 1. The van der Waals surface area contributed by atoms with Gasteiger partial charge in [-0.3, -0.25) is 4.79 Å². The Balaban J connectivity index is 1.69. The fourth-order valence-corrected chi connectivity index (χ4v) is 1.85. The van der Waals surface area contributed by atoms with Crippen LogP contribution in [0, 0.1) is 0 Å². The molecule has 0 spiro atoms. The van der Waals surface area contributed by atoms with Crippen LogP contribution in [0.4, 0.5) is 0 Å². The van der Waals surface area contributed by atoms with E-state index in [0.717, 1.165) is 12.5 Å². The van der Waals surface area contributed by atoms with E-state index in [1.54, 1.807) is 0 Å². The van der Waals surface area contributed by atoms with Gasteiger partial charge in [0.05, 0.1) is 13.5 Å². The lowest BCUT2D eigenvalue weighted by Gasteiger charge is -2.05. The van der Waals surface area contributed by atoms with Crippen molar-refractivity contribution in [3.8, 4) is 0 Å². The van der Waals surface area contributed by atoms with E-state index in [1.165, 1.54) is 31.1 Å². The number of carbonyl (C=O) groups is 1. The number of esters is 1. The molecule has 3 heteroatoms. The smallest absolute Gasteiger partial charge is 0.306 e. The molecule has 0 amide bonds. The number of benzene rings is 1. The van der Waals surface area contributed by atoms with E-state index in [2.05, 4.69) is 34.3 Å². The van der Waals surface area contributed by atoms with Gasteiger partial charge in [0.1, 0.15) is 0 Å². The van der Waals surface area contributed by atoms with Crippen LogP contribution in [0.1, 0.15) is 36.3 Å². The molecule has 0 unspecified atom stereocenters. The highest BCUT2D eigenvalue weighted by Crippen LogP contribution is 2.39. The van der Waals surface area contributed by atoms with Crippen molar-refractivity contribution in [3.05, 3.63) is 35.4 Å². The zero-order valence-electron chi connectivity index (χ0n) is 10.2. The van der Waals surface area contributed by atoms with Crippen molar-refractivity contribution < 1.29 is 9.53 Å². The van der Waals surface area contributed by atoms with Gasteiger partial charge in [-0.2, -0.15) is 0 Å². The SMILES string of the molecule is COC(=O)CCNCc1ccc(C2CC2)cc1. The van der Waals surface area contributed by atoms with Gasteiger partial charge in [0, 0.05) is 13.1 Å². The molecule has 0 aromatic heterocycles. The van der Waals surface area contributed by atoms with Gasteiger partial charge in [-0.15, -0.1) is 0 Å². The third-order valence-corrected chi connectivity index (χ3v) is 3.09. The molecule has 0 bridgehead atoms. The molecule has 1 aliphatic rings. The first-order valence-electron chi connectivity index (χ1n) is 6.16. The third-order valence-electron chi connectivity index (χ3n) is 3.09. The first-order valence-corrected chi connectivity index (χ1v) is 6.16. The van der Waals surface area contributed by atoms with Gasteiger partial charge in [-0.05, 0) is 29.9 Å². The van der Waals surface area contributed by atoms with Crippen molar-refractivity contribution in [2.45, 2.75) is 31.7 Å². The summed E-state index contributed by atoms with van der Waals surface area (Å²) in [5.74, 6) is 0.651. The summed E-state index contributed by atoms with van der Waals surface area (Å²) < 4.78 is 4.57. The van der Waals surface area contributed by atoms with Crippen LogP contribution in [0.25, 0.3) is 0 Å². The van der Waals surface area contributed by atoms with Gasteiger partial charge in [0.15, 0.2) is 0 Å². The topological polar surface area (TPSA) is 38.3 Å². The minimum absolute atomic E-state index is 0.165. The molecule has 0 saturated heterocycles. The number of hydrogen-bond acceptors (Lipinski definition) is 3. The molecular formula is C14H19NO2. The lowest BCUT2D eigenvalue weighted by molar-refractivity contribution is -0.140. The summed E-state index contributed by atoms with van der Waals surface area (Å²) in [4.78, 5) is 10.9. The van der Waals surface area contributed by atoms with Crippen molar-refractivity contribution in [2.75, 3.05) is 13.7 Å². The van der Waals surface area contributed by atoms with E-state index in [0.29, 0.717) is 13.0 Å². The average Bonchev–Trinajstić information content (AvgIpc) is 3.19. The fraction of sp³-hybridized carbons (Fsp3) is 0.500. The van der Waals surface area contributed by atoms with Crippen LogP contribution in [0.2, 0.25) is 0 Å². The Morgan fingerprint density at radius 1 is 1.35 bits per heavy atom. The van der Waals surface area contributed by atoms with Crippen LogP contribution in [-0.2, 0) is 16.1 Å². The highest BCUT2D eigenvalue weighted by atomic mass is 16.5. The number of methoxy groups -OCH3 is 1. The number of nitrogens with one attached hydrogen (secondary N) is 1. The summed E-state index contributed by atoms with van der Waals surface area (Å²) in [5.41, 5.74) is 2.72. The van der Waals surface area contributed by atoms with E-state index in [4.69, 9.17) is 0 Å². The predicted octanol–water partition coefficient (Wildman–Crippen LogP) is 2.22. The van der Waals surface area contributed by atoms with E-state index in [9.17, 15) is 4.79 Å². The van der Waals surface area contributed by atoms with Crippen molar-refractivity contribution in [3.63, 3.8) is 0 Å². The molecule has 17 heavy (non-hydrogen) atoms. The molecule has 0 aliphatic heterocycles. The standard InChI is InChI=1S/C14H19NO2/c1-17-14(16)8-9-15-10-11-2-4-12(5-3-11)13-6-7-13/h2-5,13,15H,6-10H2,1H3. The number of rotatable bonds is 6. The molecule has 0 atom stereocenters. The van der Waals surface area contributed by atoms with Crippen LogP contribution in [-0.4, -0.2) is 19.6 Å². The van der Waals surface area contributed by atoms with Gasteiger partial charge in [0.2, 0.25) is 0 Å². The van der Waals surface area contributed by atoms with Crippen molar-refractivity contribution >= 4 is 5.97 Å². The Labute approximate surface area is 102 Å². The minimum Gasteiger partial charge on any atom is -0.469 e. The third kappa shape index (κ3) is 3.86. The van der Waals surface area contributed by atoms with Gasteiger partial charge in [-0.1, -0.05) is 24.3 Å². The monoisotopic (exact) mass is 233 g/mol. The molecule has 1 aromatic carbocycles. The Bertz CT molecular complexity index is 368. The largest absolute Gasteiger partial charge is 0.469 e. The molecule has 0 heterocycles. The Hall–Kier alpha value is -1.35. The van der Waals surface area contributed by atoms with Crippen LogP contribution >= 0.6 is 0 Å². The first kappa shape index (κ1) is 12.1. The molecule has 1 aliphatic carbocycles. The lowest BCUT2D eigenvalue weighted by atomic mass is 10.1. The minimum atomic E-state index is -0.165. The molecular weight excluding hydrogens is 214 g/mol. The molecule has 1 saturated carbocycles. The van der Waals surface area contributed by atoms with E-state index in [1.807, 2.05) is 0 Å². The van der Waals surface area contributed by atoms with E-state index < -0.39 is 0 Å². The van der Waals surface area contributed by atoms with Crippen molar-refractivity contribution in [1.82, 2.24) is 5.32 Å². The van der Waals surface area contributed by atoms with E-state index in [-0.39, 0.29) is 5.97 Å². The first-order chi connectivity index (χ1) is 8.29. The quantitative estimate of drug-likeness (QED) is 0.605. The average molecular weight is 233 g/mol. The molecule has 92 valence electrons. The fourth-order valence-electron chi connectivity index (χ4n) is 1.85. The number of ether oxygens (including phenoxy) is 1. The Morgan fingerprint density at radius 2 is 2.06 bits per heavy atom. The summed E-state index contributed by atoms with van der Waals surface area (Å²) in [7, 11) is 1.42. The van der Waals surface area contributed by atoms with E-state index >= 15 is 0 Å². The normalized spacial score (nSPS) is 14.6. The second-order valence-electron chi connectivity index (χ2n) is 4.52. The van der Waals surface area contributed by atoms with Gasteiger partial charge in [0.25, 0.3) is 0 Å². The maximum Gasteiger partial charge on any atom is 0.306 e. The zero-order chi connectivity index (χ0) is 12.1. The summed E-state index contributed by atoms with van der Waals surface area (Å²) in [6, 6.07) is 8.77. The Morgan fingerprint density at radius 3 is 2.65 bits per heavy atom. The summed E-state index contributed by atoms with van der Waals surface area (Å²) >= 11 is 0. The van der Waals surface area contributed by atoms with Crippen LogP contribution in [0.15, 0.2) is 24.3 Å². The lowest BCUT2D eigenvalue weighted by Crippen LogP contribution is -2.18. The second kappa shape index (κ2) is 5.82. The summed E-state index contributed by atoms with van der Waals surface area (Å²) in [6.45, 7) is 1.47. The Kier molecular flexibility index (Phi) is 4.15. The predicted molar refractivity (Wildman–Crippen MR) is 66.8 cm³/mol. The van der Waals surface area contributed by atoms with Crippen molar-refractivity contribution in [1.29, 1.82) is 0 Å².